The van der Waals surface area contributed by atoms with E-state index in [1.165, 1.54) is 13.5 Å². The number of anilines is 1. The first-order valence-electron chi connectivity index (χ1n) is 11.1. The summed E-state index contributed by atoms with van der Waals surface area (Å²) in [5, 5.41) is 2.91. The van der Waals surface area contributed by atoms with Gasteiger partial charge in [0, 0.05) is 12.1 Å². The van der Waals surface area contributed by atoms with Gasteiger partial charge in [-0.3, -0.25) is 9.69 Å². The molecule has 3 aromatic carbocycles. The quantitative estimate of drug-likeness (QED) is 0.506. The van der Waals surface area contributed by atoms with Crippen LogP contribution in [-0.2, 0) is 4.74 Å². The largest absolute Gasteiger partial charge is 0.492 e. The van der Waals surface area contributed by atoms with E-state index in [0.29, 0.717) is 29.2 Å². The SMILES string of the molecule is COC(=O)c1ccc(-c2ccccc2)cc1NC(=O)c1cc(OCCN2CCC2)ccc1C. The van der Waals surface area contributed by atoms with Crippen LogP contribution in [0.4, 0.5) is 5.69 Å². The number of hydrogen-bond acceptors (Lipinski definition) is 5. The van der Waals surface area contributed by atoms with Crippen LogP contribution in [0.3, 0.4) is 0 Å². The molecule has 0 aromatic heterocycles. The lowest BCUT2D eigenvalue weighted by atomic mass is 10.0. The Morgan fingerprint density at radius 3 is 2.42 bits per heavy atom. The van der Waals surface area contributed by atoms with Crippen LogP contribution in [0.15, 0.2) is 66.7 Å². The monoisotopic (exact) mass is 444 g/mol. The summed E-state index contributed by atoms with van der Waals surface area (Å²) < 4.78 is 10.8. The summed E-state index contributed by atoms with van der Waals surface area (Å²) in [4.78, 5) is 27.9. The maximum Gasteiger partial charge on any atom is 0.339 e. The Labute approximate surface area is 194 Å². The van der Waals surface area contributed by atoms with Gasteiger partial charge in [-0.1, -0.05) is 42.5 Å². The van der Waals surface area contributed by atoms with E-state index in [-0.39, 0.29) is 5.91 Å². The summed E-state index contributed by atoms with van der Waals surface area (Å²) in [6.45, 7) is 5.57. The first-order chi connectivity index (χ1) is 16.0. The van der Waals surface area contributed by atoms with Gasteiger partial charge < -0.3 is 14.8 Å². The number of methoxy groups -OCH3 is 1. The van der Waals surface area contributed by atoms with Gasteiger partial charge in [-0.05, 0) is 67.4 Å². The zero-order valence-corrected chi connectivity index (χ0v) is 19.0. The Hall–Kier alpha value is -3.64. The Balaban J connectivity index is 1.56. The van der Waals surface area contributed by atoms with E-state index in [4.69, 9.17) is 9.47 Å². The van der Waals surface area contributed by atoms with Crippen LogP contribution in [0.5, 0.6) is 5.75 Å². The molecule has 1 aliphatic rings. The Bertz CT molecular complexity index is 1140. The highest BCUT2D eigenvalue weighted by Gasteiger charge is 2.18. The van der Waals surface area contributed by atoms with Gasteiger partial charge in [0.15, 0.2) is 0 Å². The minimum Gasteiger partial charge on any atom is -0.492 e. The highest BCUT2D eigenvalue weighted by atomic mass is 16.5. The average Bonchev–Trinajstić information content (AvgIpc) is 2.81. The van der Waals surface area contributed by atoms with Crippen molar-refractivity contribution in [2.45, 2.75) is 13.3 Å². The van der Waals surface area contributed by atoms with Crippen molar-refractivity contribution in [2.75, 3.05) is 38.7 Å². The number of ether oxygens (including phenoxy) is 2. The molecule has 170 valence electrons. The van der Waals surface area contributed by atoms with E-state index >= 15 is 0 Å². The predicted molar refractivity (Wildman–Crippen MR) is 129 cm³/mol. The number of carbonyl (C=O) groups is 2. The fourth-order valence-electron chi connectivity index (χ4n) is 3.77. The summed E-state index contributed by atoms with van der Waals surface area (Å²) in [5.41, 5.74) is 3.89. The van der Waals surface area contributed by atoms with E-state index in [0.717, 1.165) is 36.3 Å². The van der Waals surface area contributed by atoms with Gasteiger partial charge in [0.05, 0.1) is 18.4 Å². The first-order valence-corrected chi connectivity index (χ1v) is 11.1. The zero-order chi connectivity index (χ0) is 23.2. The van der Waals surface area contributed by atoms with Gasteiger partial charge in [0.2, 0.25) is 0 Å². The predicted octanol–water partition coefficient (Wildman–Crippen LogP) is 4.79. The maximum atomic E-state index is 13.2. The van der Waals surface area contributed by atoms with Gasteiger partial charge in [-0.2, -0.15) is 0 Å². The summed E-state index contributed by atoms with van der Waals surface area (Å²) >= 11 is 0. The Morgan fingerprint density at radius 2 is 1.73 bits per heavy atom. The van der Waals surface area contributed by atoms with Gasteiger partial charge in [0.25, 0.3) is 5.91 Å². The van der Waals surface area contributed by atoms with Crippen molar-refractivity contribution in [1.29, 1.82) is 0 Å². The molecule has 0 aliphatic carbocycles. The van der Waals surface area contributed by atoms with Gasteiger partial charge >= 0.3 is 5.97 Å². The molecular formula is C27H28N2O4. The molecule has 4 rings (SSSR count). The van der Waals surface area contributed by atoms with Crippen molar-refractivity contribution in [1.82, 2.24) is 4.90 Å². The smallest absolute Gasteiger partial charge is 0.339 e. The number of carbonyl (C=O) groups excluding carboxylic acids is 2. The van der Waals surface area contributed by atoms with Crippen LogP contribution in [0.25, 0.3) is 11.1 Å². The minimum atomic E-state index is -0.510. The highest BCUT2D eigenvalue weighted by molar-refractivity contribution is 6.09. The normalized spacial score (nSPS) is 13.2. The van der Waals surface area contributed by atoms with Crippen molar-refractivity contribution in [3.8, 4) is 16.9 Å². The molecule has 0 saturated carbocycles. The Morgan fingerprint density at radius 1 is 0.939 bits per heavy atom. The number of rotatable bonds is 8. The van der Waals surface area contributed by atoms with Crippen molar-refractivity contribution in [2.24, 2.45) is 0 Å². The van der Waals surface area contributed by atoms with Crippen molar-refractivity contribution >= 4 is 17.6 Å². The molecule has 0 spiro atoms. The molecule has 0 bridgehead atoms. The van der Waals surface area contributed by atoms with Crippen LogP contribution in [0.2, 0.25) is 0 Å². The highest BCUT2D eigenvalue weighted by Crippen LogP contribution is 2.27. The summed E-state index contributed by atoms with van der Waals surface area (Å²) in [7, 11) is 1.32. The lowest BCUT2D eigenvalue weighted by Gasteiger charge is -2.30. The van der Waals surface area contributed by atoms with Crippen molar-refractivity contribution in [3.05, 3.63) is 83.4 Å². The molecular weight excluding hydrogens is 416 g/mol. The van der Waals surface area contributed by atoms with Crippen molar-refractivity contribution < 1.29 is 19.1 Å². The van der Waals surface area contributed by atoms with Crippen LogP contribution in [0, 0.1) is 6.92 Å². The fourth-order valence-corrected chi connectivity index (χ4v) is 3.77. The van der Waals surface area contributed by atoms with Crippen LogP contribution in [-0.4, -0.2) is 50.1 Å². The fraction of sp³-hybridized carbons (Fsp3) is 0.259. The lowest BCUT2D eigenvalue weighted by molar-refractivity contribution is 0.0602. The summed E-state index contributed by atoms with van der Waals surface area (Å²) in [6, 6.07) is 20.6. The van der Waals surface area contributed by atoms with Crippen molar-refractivity contribution in [3.63, 3.8) is 0 Å². The first kappa shape index (κ1) is 22.6. The molecule has 1 amide bonds. The number of hydrogen-bond donors (Lipinski definition) is 1. The lowest BCUT2D eigenvalue weighted by Crippen LogP contribution is -2.39. The molecule has 1 fully saturated rings. The number of aryl methyl sites for hydroxylation is 1. The third kappa shape index (κ3) is 5.41. The average molecular weight is 445 g/mol. The molecule has 6 heteroatoms. The molecule has 1 N–H and O–H groups in total. The molecule has 1 heterocycles. The second-order valence-electron chi connectivity index (χ2n) is 8.09. The number of nitrogens with one attached hydrogen (secondary N) is 1. The summed E-state index contributed by atoms with van der Waals surface area (Å²) in [5.74, 6) is -0.168. The van der Waals surface area contributed by atoms with Crippen LogP contribution < -0.4 is 10.1 Å². The molecule has 0 radical (unpaired) electrons. The molecule has 0 unspecified atom stereocenters. The minimum absolute atomic E-state index is 0.296. The zero-order valence-electron chi connectivity index (χ0n) is 19.0. The molecule has 1 saturated heterocycles. The second kappa shape index (κ2) is 10.3. The van der Waals surface area contributed by atoms with Crippen LogP contribution in [0.1, 0.15) is 32.7 Å². The molecule has 6 nitrogen and oxygen atoms in total. The number of likely N-dealkylation sites (tertiary alicyclic amines) is 1. The van der Waals surface area contributed by atoms with E-state index < -0.39 is 5.97 Å². The van der Waals surface area contributed by atoms with E-state index in [1.807, 2.05) is 55.5 Å². The summed E-state index contributed by atoms with van der Waals surface area (Å²) in [6.07, 6.45) is 1.24. The number of amides is 1. The number of nitrogens with zero attached hydrogens (tertiary/aromatic N) is 1. The molecule has 33 heavy (non-hydrogen) atoms. The number of benzene rings is 3. The van der Waals surface area contributed by atoms with Crippen LogP contribution >= 0.6 is 0 Å². The third-order valence-electron chi connectivity index (χ3n) is 5.86. The second-order valence-corrected chi connectivity index (χ2v) is 8.09. The standard InChI is InChI=1S/C27H28N2O4/c1-19-9-11-22(33-16-15-29-13-6-14-29)18-24(19)26(30)28-25-17-21(20-7-4-3-5-8-20)10-12-23(25)27(31)32-2/h3-5,7-12,17-18H,6,13-16H2,1-2H3,(H,28,30). The topological polar surface area (TPSA) is 67.9 Å². The van der Waals surface area contributed by atoms with Gasteiger partial charge in [-0.15, -0.1) is 0 Å². The van der Waals surface area contributed by atoms with Gasteiger partial charge in [0.1, 0.15) is 12.4 Å². The maximum absolute atomic E-state index is 13.2. The Kier molecular flexibility index (Phi) is 7.05. The number of esters is 1. The van der Waals surface area contributed by atoms with E-state index in [9.17, 15) is 9.59 Å². The van der Waals surface area contributed by atoms with E-state index in [1.54, 1.807) is 18.2 Å². The molecule has 3 aromatic rings. The molecule has 0 atom stereocenters. The van der Waals surface area contributed by atoms with E-state index in [2.05, 4.69) is 10.2 Å². The van der Waals surface area contributed by atoms with Gasteiger partial charge in [-0.25, -0.2) is 4.79 Å². The molecule has 1 aliphatic heterocycles. The third-order valence-corrected chi connectivity index (χ3v) is 5.86.